The molecule has 0 aliphatic heterocycles. The number of carbonyl (C=O) groups excluding carboxylic acids is 4. The van der Waals surface area contributed by atoms with Gasteiger partial charge in [-0.2, -0.15) is 0 Å². The lowest BCUT2D eigenvalue weighted by Gasteiger charge is -2.22. The highest BCUT2D eigenvalue weighted by atomic mass is 16.2. The molecule has 0 aromatic heterocycles. The van der Waals surface area contributed by atoms with Gasteiger partial charge in [0.05, 0.1) is 12.1 Å². The Morgan fingerprint density at radius 1 is 0.958 bits per heavy atom. The Morgan fingerprint density at radius 2 is 1.58 bits per heavy atom. The summed E-state index contributed by atoms with van der Waals surface area (Å²) in [7, 11) is 0. The number of unbranched alkanes of at least 4 members (excludes halogenated alkanes) is 1. The zero-order valence-corrected chi connectivity index (χ0v) is 14.5. The van der Waals surface area contributed by atoms with E-state index < -0.39 is 41.9 Å². The summed E-state index contributed by atoms with van der Waals surface area (Å²) in [5.41, 5.74) is 10.9. The second-order valence-electron chi connectivity index (χ2n) is 5.80. The quantitative estimate of drug-likeness (QED) is 0.219. The van der Waals surface area contributed by atoms with Gasteiger partial charge in [0.25, 0.3) is 0 Å². The Hall–Kier alpha value is -2.00. The number of rotatable bonds is 11. The number of nitrogens with one attached hydrogen (secondary N) is 3. The predicted molar refractivity (Wildman–Crippen MR) is 89.8 cm³/mol. The van der Waals surface area contributed by atoms with Gasteiger partial charge >= 0.3 is 0 Å². The van der Waals surface area contributed by atoms with Crippen LogP contribution in [0.1, 0.15) is 40.0 Å². The van der Waals surface area contributed by atoms with Crippen LogP contribution in [0.5, 0.6) is 0 Å². The third kappa shape index (κ3) is 8.59. The van der Waals surface area contributed by atoms with Crippen LogP contribution in [0.25, 0.3) is 0 Å². The highest BCUT2D eigenvalue weighted by Crippen LogP contribution is 2.02. The Kier molecular flexibility index (Phi) is 10.6. The van der Waals surface area contributed by atoms with Gasteiger partial charge in [0.15, 0.2) is 0 Å². The molecule has 0 radical (unpaired) electrons. The van der Waals surface area contributed by atoms with Gasteiger partial charge in [0.1, 0.15) is 18.4 Å². The van der Waals surface area contributed by atoms with Crippen LogP contribution in [0, 0.1) is 0 Å². The van der Waals surface area contributed by atoms with Crippen LogP contribution in [0.4, 0.5) is 0 Å². The molecule has 0 spiro atoms. The second-order valence-corrected chi connectivity index (χ2v) is 5.80. The van der Waals surface area contributed by atoms with E-state index in [9.17, 15) is 19.2 Å². The minimum atomic E-state index is -0.843. The third-order valence-corrected chi connectivity index (χ3v) is 3.32. The molecule has 0 bridgehead atoms. The van der Waals surface area contributed by atoms with E-state index in [-0.39, 0.29) is 0 Å². The zero-order valence-electron chi connectivity index (χ0n) is 14.5. The molecule has 9 nitrogen and oxygen atoms in total. The Labute approximate surface area is 142 Å². The van der Waals surface area contributed by atoms with Crippen molar-refractivity contribution < 1.29 is 19.2 Å². The van der Waals surface area contributed by atoms with E-state index in [4.69, 9.17) is 11.5 Å². The van der Waals surface area contributed by atoms with E-state index in [0.717, 1.165) is 0 Å². The Balaban J connectivity index is 4.74. The molecule has 9 heteroatoms. The maximum atomic E-state index is 12.3. The van der Waals surface area contributed by atoms with E-state index in [1.807, 2.05) is 0 Å². The summed E-state index contributed by atoms with van der Waals surface area (Å²) in [5, 5.41) is 7.53. The molecule has 7 N–H and O–H groups in total. The predicted octanol–water partition coefficient (Wildman–Crippen LogP) is -1.84. The summed E-state index contributed by atoms with van der Waals surface area (Å²) in [6.07, 6.45) is 2.34. The number of aldehydes is 1. The first-order valence-electron chi connectivity index (χ1n) is 8.05. The molecule has 0 saturated carbocycles. The molecular formula is C15H29N5O4. The largest absolute Gasteiger partial charge is 0.345 e. The fourth-order valence-corrected chi connectivity index (χ4v) is 1.83. The molecule has 0 fully saturated rings. The Bertz CT molecular complexity index is 442. The standard InChI is InChI=1S/C15H29N5O4/c1-9(8-21)18-14(23)11(3)19-15(24)12(6-4-5-7-16)20-13(22)10(2)17/h8-12H,4-7,16-17H2,1-3H3,(H,18,23)(H,19,24)(H,20,22)/t9-,10-,11-,12-/m0/s1. The molecule has 0 heterocycles. The van der Waals surface area contributed by atoms with E-state index >= 15 is 0 Å². The summed E-state index contributed by atoms with van der Waals surface area (Å²) in [6, 6.07) is -3.03. The zero-order chi connectivity index (χ0) is 18.7. The molecule has 24 heavy (non-hydrogen) atoms. The molecule has 138 valence electrons. The van der Waals surface area contributed by atoms with Crippen LogP contribution in [0.15, 0.2) is 0 Å². The van der Waals surface area contributed by atoms with Gasteiger partial charge in [-0.1, -0.05) is 0 Å². The van der Waals surface area contributed by atoms with Gasteiger partial charge in [-0.05, 0) is 46.6 Å². The van der Waals surface area contributed by atoms with Crippen molar-refractivity contribution in [3.8, 4) is 0 Å². The van der Waals surface area contributed by atoms with Crippen molar-refractivity contribution in [3.05, 3.63) is 0 Å². The van der Waals surface area contributed by atoms with Gasteiger partial charge in [0.2, 0.25) is 17.7 Å². The van der Waals surface area contributed by atoms with Crippen molar-refractivity contribution in [1.82, 2.24) is 16.0 Å². The minimum Gasteiger partial charge on any atom is -0.345 e. The lowest BCUT2D eigenvalue weighted by Crippen LogP contribution is -2.55. The average molecular weight is 343 g/mol. The monoisotopic (exact) mass is 343 g/mol. The first-order chi connectivity index (χ1) is 11.2. The molecular weight excluding hydrogens is 314 g/mol. The van der Waals surface area contributed by atoms with E-state index in [2.05, 4.69) is 16.0 Å². The second kappa shape index (κ2) is 11.5. The maximum absolute atomic E-state index is 12.3. The van der Waals surface area contributed by atoms with E-state index in [1.165, 1.54) is 20.8 Å². The number of amides is 3. The SMILES string of the molecule is C[C@H](N)C(=O)N[C@@H](CCCCN)C(=O)N[C@@H](C)C(=O)N[C@@H](C)C=O. The summed E-state index contributed by atoms with van der Waals surface area (Å²) < 4.78 is 0. The van der Waals surface area contributed by atoms with Crippen molar-refractivity contribution >= 4 is 24.0 Å². The summed E-state index contributed by atoms with van der Waals surface area (Å²) in [5.74, 6) is -1.42. The minimum absolute atomic E-state index is 0.389. The van der Waals surface area contributed by atoms with Crippen molar-refractivity contribution in [2.24, 2.45) is 11.5 Å². The van der Waals surface area contributed by atoms with Gasteiger partial charge in [-0.25, -0.2) is 0 Å². The van der Waals surface area contributed by atoms with Crippen molar-refractivity contribution in [2.75, 3.05) is 6.54 Å². The van der Waals surface area contributed by atoms with Crippen molar-refractivity contribution in [3.63, 3.8) is 0 Å². The van der Waals surface area contributed by atoms with Gasteiger partial charge in [-0.3, -0.25) is 14.4 Å². The maximum Gasteiger partial charge on any atom is 0.243 e. The van der Waals surface area contributed by atoms with E-state index in [1.54, 1.807) is 0 Å². The number of carbonyl (C=O) groups is 4. The molecule has 0 unspecified atom stereocenters. The van der Waals surface area contributed by atoms with Gasteiger partial charge in [0, 0.05) is 0 Å². The van der Waals surface area contributed by atoms with Crippen LogP contribution < -0.4 is 27.4 Å². The number of hydrogen-bond donors (Lipinski definition) is 5. The first-order valence-corrected chi connectivity index (χ1v) is 8.05. The molecule has 0 aromatic rings. The van der Waals surface area contributed by atoms with Gasteiger partial charge in [-0.15, -0.1) is 0 Å². The van der Waals surface area contributed by atoms with Crippen molar-refractivity contribution in [2.45, 2.75) is 64.2 Å². The summed E-state index contributed by atoms with van der Waals surface area (Å²) in [4.78, 5) is 46.5. The lowest BCUT2D eigenvalue weighted by molar-refractivity contribution is -0.132. The van der Waals surface area contributed by atoms with Crippen LogP contribution >= 0.6 is 0 Å². The molecule has 0 aromatic carbocycles. The third-order valence-electron chi connectivity index (χ3n) is 3.32. The fraction of sp³-hybridized carbons (Fsp3) is 0.733. The molecule has 3 amide bonds. The van der Waals surface area contributed by atoms with Crippen LogP contribution in [-0.4, -0.2) is 54.7 Å². The fourth-order valence-electron chi connectivity index (χ4n) is 1.83. The highest BCUT2D eigenvalue weighted by Gasteiger charge is 2.25. The molecule has 0 rings (SSSR count). The number of hydrogen-bond acceptors (Lipinski definition) is 6. The summed E-state index contributed by atoms with van der Waals surface area (Å²) in [6.45, 7) is 5.02. The molecule has 0 aliphatic carbocycles. The van der Waals surface area contributed by atoms with Crippen LogP contribution in [0.2, 0.25) is 0 Å². The lowest BCUT2D eigenvalue weighted by atomic mass is 10.1. The topological polar surface area (TPSA) is 156 Å². The van der Waals surface area contributed by atoms with Crippen LogP contribution in [-0.2, 0) is 19.2 Å². The van der Waals surface area contributed by atoms with E-state index in [0.29, 0.717) is 32.1 Å². The van der Waals surface area contributed by atoms with Crippen LogP contribution in [0.3, 0.4) is 0 Å². The smallest absolute Gasteiger partial charge is 0.243 e. The summed E-state index contributed by atoms with van der Waals surface area (Å²) >= 11 is 0. The molecule has 0 aliphatic rings. The average Bonchev–Trinajstić information content (AvgIpc) is 2.53. The number of nitrogens with two attached hydrogens (primary N) is 2. The van der Waals surface area contributed by atoms with Crippen molar-refractivity contribution in [1.29, 1.82) is 0 Å². The Morgan fingerprint density at radius 3 is 2.08 bits per heavy atom. The molecule has 0 saturated heterocycles. The normalized spacial score (nSPS) is 15.5. The highest BCUT2D eigenvalue weighted by molar-refractivity contribution is 5.93. The molecule has 4 atom stereocenters. The first kappa shape index (κ1) is 22.0. The van der Waals surface area contributed by atoms with Gasteiger partial charge < -0.3 is 32.2 Å².